The fraction of sp³-hybridized carbons (Fsp3) is 0.316. The zero-order valence-electron chi connectivity index (χ0n) is 15.1. The minimum atomic E-state index is -3.54. The van der Waals surface area contributed by atoms with Crippen LogP contribution in [0.4, 0.5) is 5.69 Å². The second kappa shape index (κ2) is 8.39. The normalized spacial score (nSPS) is 16.2. The number of carbonyl (C=O) groups excluding carboxylic acids is 1. The molecule has 1 aliphatic heterocycles. The molecule has 0 spiro atoms. The van der Waals surface area contributed by atoms with Gasteiger partial charge >= 0.3 is 0 Å². The van der Waals surface area contributed by atoms with Crippen molar-refractivity contribution in [3.8, 4) is 0 Å². The molecule has 6 nitrogen and oxygen atoms in total. The Balaban J connectivity index is 1.53. The maximum Gasteiger partial charge on any atom is 0.243 e. The standard InChI is InChI=1S/C19H22ClN3O3S/c1-15-2-6-17(7-3-15)21-19(24)14-22-10-12-23(13-11-22)27(25,26)18-8-4-16(20)5-9-18/h2-9H,10-14H2,1H3,(H,21,24). The third kappa shape index (κ3) is 5.07. The Kier molecular flexibility index (Phi) is 6.16. The molecule has 1 fully saturated rings. The summed E-state index contributed by atoms with van der Waals surface area (Å²) in [5.74, 6) is -0.104. The van der Waals surface area contributed by atoms with Crippen molar-refractivity contribution < 1.29 is 13.2 Å². The lowest BCUT2D eigenvalue weighted by molar-refractivity contribution is -0.117. The predicted octanol–water partition coefficient (Wildman–Crippen LogP) is 2.59. The highest BCUT2D eigenvalue weighted by Gasteiger charge is 2.29. The van der Waals surface area contributed by atoms with Crippen molar-refractivity contribution in [2.75, 3.05) is 38.0 Å². The van der Waals surface area contributed by atoms with Crippen LogP contribution in [-0.2, 0) is 14.8 Å². The van der Waals surface area contributed by atoms with E-state index in [1.807, 2.05) is 36.1 Å². The predicted molar refractivity (Wildman–Crippen MR) is 106 cm³/mol. The van der Waals surface area contributed by atoms with Gasteiger partial charge in [0.1, 0.15) is 0 Å². The van der Waals surface area contributed by atoms with E-state index >= 15 is 0 Å². The third-order valence-electron chi connectivity index (χ3n) is 4.49. The number of rotatable bonds is 5. The van der Waals surface area contributed by atoms with Crippen LogP contribution in [0.5, 0.6) is 0 Å². The molecule has 0 aliphatic carbocycles. The monoisotopic (exact) mass is 407 g/mol. The molecule has 1 saturated heterocycles. The maximum atomic E-state index is 12.7. The van der Waals surface area contributed by atoms with Crippen molar-refractivity contribution >= 4 is 33.2 Å². The second-order valence-corrected chi connectivity index (χ2v) is 8.92. The first-order valence-corrected chi connectivity index (χ1v) is 10.5. The lowest BCUT2D eigenvalue weighted by Gasteiger charge is -2.33. The van der Waals surface area contributed by atoms with Crippen molar-refractivity contribution in [1.82, 2.24) is 9.21 Å². The number of amides is 1. The van der Waals surface area contributed by atoms with Crippen molar-refractivity contribution in [2.24, 2.45) is 0 Å². The Hall–Kier alpha value is -1.93. The lowest BCUT2D eigenvalue weighted by atomic mass is 10.2. The van der Waals surface area contributed by atoms with Gasteiger partial charge in [0.2, 0.25) is 15.9 Å². The second-order valence-electron chi connectivity index (χ2n) is 6.55. The number of hydrogen-bond acceptors (Lipinski definition) is 4. The Labute approximate surface area is 164 Å². The van der Waals surface area contributed by atoms with Gasteiger partial charge in [-0.3, -0.25) is 9.69 Å². The summed E-state index contributed by atoms with van der Waals surface area (Å²) in [6.45, 7) is 3.94. The van der Waals surface area contributed by atoms with E-state index in [4.69, 9.17) is 11.6 Å². The minimum Gasteiger partial charge on any atom is -0.325 e. The summed E-state index contributed by atoms with van der Waals surface area (Å²) >= 11 is 5.83. The topological polar surface area (TPSA) is 69.7 Å². The molecule has 3 rings (SSSR count). The minimum absolute atomic E-state index is 0.104. The number of piperazine rings is 1. The number of anilines is 1. The number of sulfonamides is 1. The van der Waals surface area contributed by atoms with Gasteiger partial charge in [-0.1, -0.05) is 29.3 Å². The van der Waals surface area contributed by atoms with Crippen LogP contribution in [0.25, 0.3) is 0 Å². The summed E-state index contributed by atoms with van der Waals surface area (Å²) in [5, 5.41) is 3.36. The lowest BCUT2D eigenvalue weighted by Crippen LogP contribution is -2.50. The Morgan fingerprint density at radius 3 is 2.19 bits per heavy atom. The van der Waals surface area contributed by atoms with E-state index in [1.54, 1.807) is 12.1 Å². The van der Waals surface area contributed by atoms with Gasteiger partial charge in [-0.15, -0.1) is 0 Å². The molecule has 1 amide bonds. The van der Waals surface area contributed by atoms with Crippen LogP contribution in [0.2, 0.25) is 5.02 Å². The van der Waals surface area contributed by atoms with E-state index in [0.29, 0.717) is 31.2 Å². The molecule has 2 aromatic rings. The van der Waals surface area contributed by atoms with Crippen LogP contribution < -0.4 is 5.32 Å². The van der Waals surface area contributed by atoms with E-state index in [1.165, 1.54) is 16.4 Å². The van der Waals surface area contributed by atoms with Gasteiger partial charge in [-0.2, -0.15) is 4.31 Å². The van der Waals surface area contributed by atoms with Crippen molar-refractivity contribution in [3.63, 3.8) is 0 Å². The van der Waals surface area contributed by atoms with Gasteiger partial charge in [0.05, 0.1) is 11.4 Å². The molecule has 0 radical (unpaired) electrons. The Morgan fingerprint density at radius 1 is 1.00 bits per heavy atom. The molecular weight excluding hydrogens is 386 g/mol. The third-order valence-corrected chi connectivity index (χ3v) is 6.65. The van der Waals surface area contributed by atoms with Crippen LogP contribution in [0.15, 0.2) is 53.4 Å². The van der Waals surface area contributed by atoms with Gasteiger partial charge in [-0.25, -0.2) is 8.42 Å². The zero-order valence-corrected chi connectivity index (χ0v) is 16.6. The average Bonchev–Trinajstić information content (AvgIpc) is 2.64. The SMILES string of the molecule is Cc1ccc(NC(=O)CN2CCN(S(=O)(=O)c3ccc(Cl)cc3)CC2)cc1. The number of nitrogens with zero attached hydrogens (tertiary/aromatic N) is 2. The molecule has 0 saturated carbocycles. The fourth-order valence-corrected chi connectivity index (χ4v) is 4.47. The Morgan fingerprint density at radius 2 is 1.59 bits per heavy atom. The van der Waals surface area contributed by atoms with E-state index in [2.05, 4.69) is 5.32 Å². The molecule has 1 heterocycles. The molecule has 27 heavy (non-hydrogen) atoms. The number of halogens is 1. The number of hydrogen-bond donors (Lipinski definition) is 1. The number of carbonyl (C=O) groups is 1. The summed E-state index contributed by atoms with van der Waals surface area (Å²) in [7, 11) is -3.54. The molecule has 1 aliphatic rings. The molecule has 1 N–H and O–H groups in total. The molecule has 8 heteroatoms. The van der Waals surface area contributed by atoms with Gasteiger partial charge in [-0.05, 0) is 43.3 Å². The average molecular weight is 408 g/mol. The van der Waals surface area contributed by atoms with Crippen LogP contribution in [0, 0.1) is 6.92 Å². The number of aryl methyl sites for hydroxylation is 1. The number of benzene rings is 2. The molecule has 144 valence electrons. The number of nitrogens with one attached hydrogen (secondary N) is 1. The Bertz CT molecular complexity index is 891. The van der Waals surface area contributed by atoms with E-state index in [-0.39, 0.29) is 17.3 Å². The highest BCUT2D eigenvalue weighted by molar-refractivity contribution is 7.89. The zero-order chi connectivity index (χ0) is 19.4. The molecule has 0 atom stereocenters. The smallest absolute Gasteiger partial charge is 0.243 e. The van der Waals surface area contributed by atoms with E-state index in [9.17, 15) is 13.2 Å². The molecule has 2 aromatic carbocycles. The maximum absolute atomic E-state index is 12.7. The first kappa shape index (κ1) is 19.8. The first-order valence-electron chi connectivity index (χ1n) is 8.69. The van der Waals surface area contributed by atoms with Gasteiger partial charge in [0, 0.05) is 36.9 Å². The van der Waals surface area contributed by atoms with Crippen LogP contribution >= 0.6 is 11.6 Å². The molecule has 0 bridgehead atoms. The summed E-state index contributed by atoms with van der Waals surface area (Å²) in [6, 6.07) is 13.8. The van der Waals surface area contributed by atoms with Gasteiger partial charge in [0.25, 0.3) is 0 Å². The highest BCUT2D eigenvalue weighted by atomic mass is 35.5. The van der Waals surface area contributed by atoms with E-state index in [0.717, 1.165) is 11.3 Å². The molecule has 0 unspecified atom stereocenters. The van der Waals surface area contributed by atoms with Gasteiger partial charge in [0.15, 0.2) is 0 Å². The summed E-state index contributed by atoms with van der Waals surface area (Å²) < 4.78 is 26.8. The van der Waals surface area contributed by atoms with Crippen molar-refractivity contribution in [1.29, 1.82) is 0 Å². The quantitative estimate of drug-likeness (QED) is 0.827. The van der Waals surface area contributed by atoms with Crippen molar-refractivity contribution in [2.45, 2.75) is 11.8 Å². The van der Waals surface area contributed by atoms with Crippen LogP contribution in [0.3, 0.4) is 0 Å². The van der Waals surface area contributed by atoms with Crippen LogP contribution in [-0.4, -0.2) is 56.3 Å². The first-order chi connectivity index (χ1) is 12.8. The molecular formula is C19H22ClN3O3S. The fourth-order valence-electron chi connectivity index (χ4n) is 2.92. The van der Waals surface area contributed by atoms with Crippen molar-refractivity contribution in [3.05, 3.63) is 59.1 Å². The summed E-state index contributed by atoms with van der Waals surface area (Å²) in [6.07, 6.45) is 0. The van der Waals surface area contributed by atoms with Gasteiger partial charge < -0.3 is 5.32 Å². The highest BCUT2D eigenvalue weighted by Crippen LogP contribution is 2.20. The summed E-state index contributed by atoms with van der Waals surface area (Å²) in [4.78, 5) is 14.4. The summed E-state index contributed by atoms with van der Waals surface area (Å²) in [5.41, 5.74) is 1.89. The van der Waals surface area contributed by atoms with E-state index < -0.39 is 10.0 Å². The molecule has 0 aromatic heterocycles. The largest absolute Gasteiger partial charge is 0.325 e. The van der Waals surface area contributed by atoms with Crippen LogP contribution in [0.1, 0.15) is 5.56 Å².